The van der Waals surface area contributed by atoms with Crippen LogP contribution in [0.5, 0.6) is 0 Å². The van der Waals surface area contributed by atoms with E-state index in [0.717, 1.165) is 0 Å². The van der Waals surface area contributed by atoms with Gasteiger partial charge in [0.1, 0.15) is 0 Å². The monoisotopic (exact) mass is 245 g/mol. The molecule has 0 aliphatic rings. The number of sulfone groups is 1. The maximum absolute atomic E-state index is 12.2. The molecule has 2 rings (SSSR count). The van der Waals surface area contributed by atoms with Gasteiger partial charge in [-0.1, -0.05) is 30.8 Å². The second-order valence-electron chi connectivity index (χ2n) is 3.45. The fourth-order valence-corrected chi connectivity index (χ4v) is 2.60. The zero-order valence-corrected chi connectivity index (χ0v) is 9.89. The van der Waals surface area contributed by atoms with Gasteiger partial charge in [0.05, 0.1) is 15.5 Å². The third kappa shape index (κ3) is 2.26. The molecule has 2 aromatic rings. The van der Waals surface area contributed by atoms with Crippen LogP contribution < -0.4 is 0 Å². The molecule has 0 radical (unpaired) electrons. The molecule has 1 heterocycles. The molecular formula is C13H11NO2S. The number of benzene rings is 1. The number of rotatable bonds is 3. The predicted octanol–water partition coefficient (Wildman–Crippen LogP) is 2.53. The Hall–Kier alpha value is -1.94. The topological polar surface area (TPSA) is 47.0 Å². The third-order valence-electron chi connectivity index (χ3n) is 2.33. The standard InChI is InChI=1S/C13H11NO2S/c1-11(13-9-5-6-10-14-13)17(15,16)12-7-3-2-4-8-12/h2-10H,1H2. The highest BCUT2D eigenvalue weighted by molar-refractivity contribution is 8.00. The van der Waals surface area contributed by atoms with Gasteiger partial charge in [0, 0.05) is 6.20 Å². The molecule has 0 unspecified atom stereocenters. The first-order chi connectivity index (χ1) is 8.12. The second kappa shape index (κ2) is 4.51. The quantitative estimate of drug-likeness (QED) is 0.834. The van der Waals surface area contributed by atoms with Crippen LogP contribution in [0.3, 0.4) is 0 Å². The van der Waals surface area contributed by atoms with Gasteiger partial charge in [0.25, 0.3) is 0 Å². The zero-order valence-electron chi connectivity index (χ0n) is 9.08. The van der Waals surface area contributed by atoms with Crippen molar-refractivity contribution in [2.75, 3.05) is 0 Å². The second-order valence-corrected chi connectivity index (χ2v) is 5.43. The van der Waals surface area contributed by atoms with Crippen LogP contribution in [0.4, 0.5) is 0 Å². The van der Waals surface area contributed by atoms with Crippen LogP contribution in [0.1, 0.15) is 5.69 Å². The lowest BCUT2D eigenvalue weighted by Crippen LogP contribution is -2.04. The lowest BCUT2D eigenvalue weighted by molar-refractivity contribution is 0.606. The van der Waals surface area contributed by atoms with Gasteiger partial charge in [-0.05, 0) is 24.3 Å². The summed E-state index contributed by atoms with van der Waals surface area (Å²) in [5, 5.41) is 0. The van der Waals surface area contributed by atoms with Crippen LogP contribution in [0.15, 0.2) is 66.2 Å². The minimum atomic E-state index is -3.55. The van der Waals surface area contributed by atoms with E-state index in [9.17, 15) is 8.42 Å². The number of hydrogen-bond acceptors (Lipinski definition) is 3. The lowest BCUT2D eigenvalue weighted by Gasteiger charge is -2.06. The van der Waals surface area contributed by atoms with Gasteiger partial charge >= 0.3 is 0 Å². The molecule has 0 amide bonds. The van der Waals surface area contributed by atoms with E-state index in [4.69, 9.17) is 0 Å². The van der Waals surface area contributed by atoms with Crippen LogP contribution in [0.25, 0.3) is 4.91 Å². The molecule has 0 fully saturated rings. The van der Waals surface area contributed by atoms with Gasteiger partial charge < -0.3 is 0 Å². The predicted molar refractivity (Wildman–Crippen MR) is 66.9 cm³/mol. The van der Waals surface area contributed by atoms with Crippen molar-refractivity contribution < 1.29 is 8.42 Å². The first-order valence-electron chi connectivity index (χ1n) is 5.03. The maximum Gasteiger partial charge on any atom is 0.208 e. The summed E-state index contributed by atoms with van der Waals surface area (Å²) in [7, 11) is -3.55. The van der Waals surface area contributed by atoms with Crippen molar-refractivity contribution >= 4 is 14.7 Å². The fraction of sp³-hybridized carbons (Fsp3) is 0. The Morgan fingerprint density at radius 1 is 1.00 bits per heavy atom. The molecule has 0 saturated heterocycles. The lowest BCUT2D eigenvalue weighted by atomic mass is 10.3. The fourth-order valence-electron chi connectivity index (χ4n) is 1.41. The summed E-state index contributed by atoms with van der Waals surface area (Å²) < 4.78 is 24.4. The summed E-state index contributed by atoms with van der Waals surface area (Å²) in [6.07, 6.45) is 1.54. The smallest absolute Gasteiger partial charge is 0.208 e. The van der Waals surface area contributed by atoms with E-state index in [1.165, 1.54) is 0 Å². The van der Waals surface area contributed by atoms with Crippen LogP contribution in [-0.2, 0) is 9.84 Å². The van der Waals surface area contributed by atoms with Gasteiger partial charge in [-0.15, -0.1) is 0 Å². The van der Waals surface area contributed by atoms with E-state index in [2.05, 4.69) is 11.6 Å². The van der Waals surface area contributed by atoms with Gasteiger partial charge in [-0.25, -0.2) is 8.42 Å². The summed E-state index contributed by atoms with van der Waals surface area (Å²) in [6.45, 7) is 3.62. The summed E-state index contributed by atoms with van der Waals surface area (Å²) in [6, 6.07) is 13.3. The molecule has 0 aliphatic carbocycles. The molecule has 0 N–H and O–H groups in total. The summed E-state index contributed by atoms with van der Waals surface area (Å²) >= 11 is 0. The molecule has 0 spiro atoms. The van der Waals surface area contributed by atoms with Crippen molar-refractivity contribution in [3.63, 3.8) is 0 Å². The van der Waals surface area contributed by atoms with E-state index in [1.54, 1.807) is 54.7 Å². The van der Waals surface area contributed by atoms with Gasteiger partial charge in [-0.2, -0.15) is 0 Å². The molecule has 1 aromatic heterocycles. The SMILES string of the molecule is C=C(c1ccccn1)S(=O)(=O)c1ccccc1. The molecule has 0 atom stereocenters. The van der Waals surface area contributed by atoms with Crippen LogP contribution in [0.2, 0.25) is 0 Å². The molecule has 0 saturated carbocycles. The molecule has 0 bridgehead atoms. The van der Waals surface area contributed by atoms with E-state index < -0.39 is 9.84 Å². The van der Waals surface area contributed by atoms with Gasteiger partial charge in [0.15, 0.2) is 0 Å². The Morgan fingerprint density at radius 2 is 1.65 bits per heavy atom. The minimum Gasteiger partial charge on any atom is -0.256 e. The highest BCUT2D eigenvalue weighted by Gasteiger charge is 2.20. The summed E-state index contributed by atoms with van der Waals surface area (Å²) in [4.78, 5) is 4.24. The van der Waals surface area contributed by atoms with Crippen molar-refractivity contribution in [1.29, 1.82) is 0 Å². The Balaban J connectivity index is 2.45. The van der Waals surface area contributed by atoms with E-state index in [0.29, 0.717) is 5.69 Å². The maximum atomic E-state index is 12.2. The first-order valence-corrected chi connectivity index (χ1v) is 6.51. The van der Waals surface area contributed by atoms with Crippen molar-refractivity contribution in [1.82, 2.24) is 4.98 Å². The third-order valence-corrected chi connectivity index (χ3v) is 4.08. The van der Waals surface area contributed by atoms with Crippen molar-refractivity contribution in [3.8, 4) is 0 Å². The average Bonchev–Trinajstić information content (AvgIpc) is 2.40. The Bertz CT molecular complexity index is 619. The Kier molecular flexibility index (Phi) is 3.06. The molecular weight excluding hydrogens is 234 g/mol. The highest BCUT2D eigenvalue weighted by atomic mass is 32.2. The summed E-state index contributed by atoms with van der Waals surface area (Å²) in [5.74, 6) is 0. The van der Waals surface area contributed by atoms with Crippen molar-refractivity contribution in [3.05, 3.63) is 67.0 Å². The van der Waals surface area contributed by atoms with Crippen molar-refractivity contribution in [2.24, 2.45) is 0 Å². The molecule has 17 heavy (non-hydrogen) atoms. The molecule has 86 valence electrons. The number of hydrogen-bond donors (Lipinski definition) is 0. The largest absolute Gasteiger partial charge is 0.256 e. The normalized spacial score (nSPS) is 11.1. The number of pyridine rings is 1. The molecule has 3 nitrogen and oxygen atoms in total. The van der Waals surface area contributed by atoms with Gasteiger partial charge in [-0.3, -0.25) is 4.98 Å². The Morgan fingerprint density at radius 3 is 2.24 bits per heavy atom. The van der Waals surface area contributed by atoms with Crippen LogP contribution in [-0.4, -0.2) is 13.4 Å². The number of aromatic nitrogens is 1. The molecule has 1 aromatic carbocycles. The average molecular weight is 245 g/mol. The highest BCUT2D eigenvalue weighted by Crippen LogP contribution is 2.24. The first kappa shape index (κ1) is 11.5. The van der Waals surface area contributed by atoms with Crippen LogP contribution >= 0.6 is 0 Å². The van der Waals surface area contributed by atoms with E-state index >= 15 is 0 Å². The van der Waals surface area contributed by atoms with E-state index in [1.807, 2.05) is 0 Å². The van der Waals surface area contributed by atoms with Crippen LogP contribution in [0, 0.1) is 0 Å². The number of nitrogens with zero attached hydrogens (tertiary/aromatic N) is 1. The molecule has 4 heteroatoms. The van der Waals surface area contributed by atoms with Crippen molar-refractivity contribution in [2.45, 2.75) is 4.90 Å². The summed E-state index contributed by atoms with van der Waals surface area (Å²) in [5.41, 5.74) is 0.372. The Labute approximate surface area is 100 Å². The zero-order chi connectivity index (χ0) is 12.3. The van der Waals surface area contributed by atoms with E-state index in [-0.39, 0.29) is 9.80 Å². The van der Waals surface area contributed by atoms with Gasteiger partial charge in [0.2, 0.25) is 9.84 Å². The molecule has 0 aliphatic heterocycles. The minimum absolute atomic E-state index is 0.0179.